The highest BCUT2D eigenvalue weighted by Gasteiger charge is 2.46. The van der Waals surface area contributed by atoms with E-state index in [0.29, 0.717) is 0 Å². The van der Waals surface area contributed by atoms with E-state index >= 15 is 0 Å². The molecule has 1 aliphatic rings. The van der Waals surface area contributed by atoms with Crippen molar-refractivity contribution < 1.29 is 55.4 Å². The van der Waals surface area contributed by atoms with Crippen LogP contribution in [0.3, 0.4) is 0 Å². The predicted molar refractivity (Wildman–Crippen MR) is 70.8 cm³/mol. The van der Waals surface area contributed by atoms with Crippen LogP contribution in [0.4, 0.5) is 0 Å². The van der Waals surface area contributed by atoms with Crippen molar-refractivity contribution in [2.75, 3.05) is 19.8 Å². The van der Waals surface area contributed by atoms with Gasteiger partial charge in [-0.05, 0) is 0 Å². The second-order valence-electron chi connectivity index (χ2n) is 5.29. The lowest BCUT2D eigenvalue weighted by Gasteiger charge is -2.42. The van der Waals surface area contributed by atoms with Crippen LogP contribution in [0.1, 0.15) is 0 Å². The molecular formula is C12H24O11. The number of ether oxygens (including phenoxy) is 2. The normalized spacial score (nSPS) is 37.2. The Morgan fingerprint density at radius 3 is 1.87 bits per heavy atom. The molecule has 9 N–H and O–H groups in total. The first-order chi connectivity index (χ1) is 10.8. The fourth-order valence-corrected chi connectivity index (χ4v) is 2.16. The van der Waals surface area contributed by atoms with E-state index in [1.807, 2.05) is 0 Å². The van der Waals surface area contributed by atoms with Gasteiger partial charge in [-0.3, -0.25) is 0 Å². The summed E-state index contributed by atoms with van der Waals surface area (Å²) in [5.74, 6) is 0. The molecule has 0 spiro atoms. The Hall–Kier alpha value is -0.440. The molecular weight excluding hydrogens is 320 g/mol. The van der Waals surface area contributed by atoms with Gasteiger partial charge in [-0.15, -0.1) is 0 Å². The van der Waals surface area contributed by atoms with Gasteiger partial charge in [0.05, 0.1) is 19.8 Å². The summed E-state index contributed by atoms with van der Waals surface area (Å²) in [5, 5.41) is 84.9. The Bertz CT molecular complexity index is 341. The summed E-state index contributed by atoms with van der Waals surface area (Å²) in [5.41, 5.74) is 0. The van der Waals surface area contributed by atoms with Crippen molar-refractivity contribution in [1.29, 1.82) is 0 Å². The average Bonchev–Trinajstić information content (AvgIpc) is 2.57. The van der Waals surface area contributed by atoms with Crippen molar-refractivity contribution in [1.82, 2.24) is 0 Å². The highest BCUT2D eigenvalue weighted by atomic mass is 16.7. The largest absolute Gasteiger partial charge is 0.394 e. The molecule has 0 aromatic rings. The Balaban J connectivity index is 2.89. The van der Waals surface area contributed by atoms with E-state index in [4.69, 9.17) is 24.8 Å². The fourth-order valence-electron chi connectivity index (χ4n) is 2.16. The zero-order valence-corrected chi connectivity index (χ0v) is 12.2. The summed E-state index contributed by atoms with van der Waals surface area (Å²) in [6, 6.07) is 0. The van der Waals surface area contributed by atoms with Crippen LogP contribution in [0.25, 0.3) is 0 Å². The van der Waals surface area contributed by atoms with Gasteiger partial charge in [-0.1, -0.05) is 0 Å². The Morgan fingerprint density at radius 2 is 1.39 bits per heavy atom. The SMILES string of the molecule is OCC(O)C(O)[C@H](O[C@@H]1OC(CO)[C@@H](O)C(O)C1O)[C@@H](O)CO. The summed E-state index contributed by atoms with van der Waals surface area (Å²) in [6.07, 6.45) is -15.1. The number of aliphatic hydroxyl groups excluding tert-OH is 9. The minimum atomic E-state index is -1.85. The van der Waals surface area contributed by atoms with E-state index in [1.165, 1.54) is 0 Å². The second kappa shape index (κ2) is 9.15. The van der Waals surface area contributed by atoms with Gasteiger partial charge in [0.15, 0.2) is 6.29 Å². The molecule has 0 aliphatic carbocycles. The van der Waals surface area contributed by atoms with Gasteiger partial charge < -0.3 is 55.4 Å². The van der Waals surface area contributed by atoms with Gasteiger partial charge in [0.1, 0.15) is 48.8 Å². The van der Waals surface area contributed by atoms with Crippen LogP contribution in [0.5, 0.6) is 0 Å². The van der Waals surface area contributed by atoms with Gasteiger partial charge >= 0.3 is 0 Å². The van der Waals surface area contributed by atoms with Gasteiger partial charge in [-0.25, -0.2) is 0 Å². The third kappa shape index (κ3) is 4.78. The summed E-state index contributed by atoms with van der Waals surface area (Å²) in [7, 11) is 0. The first kappa shape index (κ1) is 20.6. The van der Waals surface area contributed by atoms with E-state index in [9.17, 15) is 30.6 Å². The van der Waals surface area contributed by atoms with Crippen LogP contribution in [0.2, 0.25) is 0 Å². The molecule has 0 radical (unpaired) electrons. The lowest BCUT2D eigenvalue weighted by molar-refractivity contribution is -0.327. The molecule has 0 amide bonds. The molecule has 0 bridgehead atoms. The molecule has 1 heterocycles. The molecule has 1 saturated heterocycles. The molecule has 11 heteroatoms. The van der Waals surface area contributed by atoms with Crippen LogP contribution in [0, 0.1) is 0 Å². The molecule has 0 aromatic carbocycles. The van der Waals surface area contributed by atoms with E-state index < -0.39 is 74.9 Å². The molecule has 0 saturated carbocycles. The van der Waals surface area contributed by atoms with Gasteiger partial charge in [0.25, 0.3) is 0 Å². The molecule has 5 unspecified atom stereocenters. The lowest BCUT2D eigenvalue weighted by atomic mass is 9.98. The number of aliphatic hydroxyl groups is 9. The van der Waals surface area contributed by atoms with Crippen molar-refractivity contribution in [3.05, 3.63) is 0 Å². The third-order valence-electron chi connectivity index (χ3n) is 3.62. The molecule has 1 aliphatic heterocycles. The van der Waals surface area contributed by atoms with Crippen molar-refractivity contribution >= 4 is 0 Å². The Labute approximate surface area is 131 Å². The van der Waals surface area contributed by atoms with Crippen LogP contribution in [0.15, 0.2) is 0 Å². The predicted octanol–water partition coefficient (Wildman–Crippen LogP) is -5.76. The van der Waals surface area contributed by atoms with Gasteiger partial charge in [-0.2, -0.15) is 0 Å². The molecule has 11 nitrogen and oxygen atoms in total. The van der Waals surface area contributed by atoms with E-state index in [-0.39, 0.29) is 0 Å². The van der Waals surface area contributed by atoms with E-state index in [2.05, 4.69) is 0 Å². The molecule has 1 rings (SSSR count). The van der Waals surface area contributed by atoms with Crippen LogP contribution >= 0.6 is 0 Å². The van der Waals surface area contributed by atoms with Crippen molar-refractivity contribution in [3.8, 4) is 0 Å². The first-order valence-electron chi connectivity index (χ1n) is 7.00. The molecule has 23 heavy (non-hydrogen) atoms. The van der Waals surface area contributed by atoms with Crippen molar-refractivity contribution in [3.63, 3.8) is 0 Å². The molecule has 138 valence electrons. The highest BCUT2D eigenvalue weighted by Crippen LogP contribution is 2.24. The summed E-state index contributed by atoms with van der Waals surface area (Å²) >= 11 is 0. The summed E-state index contributed by atoms with van der Waals surface area (Å²) < 4.78 is 10.1. The maximum Gasteiger partial charge on any atom is 0.187 e. The monoisotopic (exact) mass is 344 g/mol. The number of rotatable bonds is 8. The van der Waals surface area contributed by atoms with Gasteiger partial charge in [0.2, 0.25) is 0 Å². The minimum absolute atomic E-state index is 0.708. The zero-order valence-electron chi connectivity index (χ0n) is 12.2. The molecule has 9 atom stereocenters. The zero-order chi connectivity index (χ0) is 17.7. The third-order valence-corrected chi connectivity index (χ3v) is 3.62. The van der Waals surface area contributed by atoms with Crippen LogP contribution in [-0.2, 0) is 9.47 Å². The maximum absolute atomic E-state index is 9.83. The topological polar surface area (TPSA) is 201 Å². The smallest absolute Gasteiger partial charge is 0.187 e. The fraction of sp³-hybridized carbons (Fsp3) is 1.00. The van der Waals surface area contributed by atoms with E-state index in [1.54, 1.807) is 0 Å². The number of hydrogen-bond acceptors (Lipinski definition) is 11. The Kier molecular flexibility index (Phi) is 8.20. The molecule has 0 aromatic heterocycles. The Morgan fingerprint density at radius 1 is 0.826 bits per heavy atom. The average molecular weight is 344 g/mol. The molecule has 1 fully saturated rings. The quantitative estimate of drug-likeness (QED) is 0.203. The van der Waals surface area contributed by atoms with E-state index in [0.717, 1.165) is 0 Å². The summed E-state index contributed by atoms with van der Waals surface area (Å²) in [6.45, 7) is -2.45. The first-order valence-corrected chi connectivity index (χ1v) is 7.00. The van der Waals surface area contributed by atoms with Gasteiger partial charge in [0, 0.05) is 0 Å². The minimum Gasteiger partial charge on any atom is -0.394 e. The van der Waals surface area contributed by atoms with Crippen molar-refractivity contribution in [2.45, 2.75) is 55.1 Å². The standard InChI is InChI=1S/C12H24O11/c13-1-4(16)7(18)11(5(17)2-14)23-12-10(21)9(20)8(19)6(3-15)22-12/h4-21H,1-3H2/t4?,5-,6?,7?,8+,9?,10?,11+,12-/m0/s1. The number of hydrogen-bond donors (Lipinski definition) is 9. The van der Waals surface area contributed by atoms with Crippen LogP contribution in [-0.4, -0.2) is 121 Å². The van der Waals surface area contributed by atoms with Crippen LogP contribution < -0.4 is 0 Å². The van der Waals surface area contributed by atoms with Crippen molar-refractivity contribution in [2.24, 2.45) is 0 Å². The summed E-state index contributed by atoms with van der Waals surface area (Å²) in [4.78, 5) is 0. The second-order valence-corrected chi connectivity index (χ2v) is 5.29. The highest BCUT2D eigenvalue weighted by molar-refractivity contribution is 4.91. The maximum atomic E-state index is 9.83. The lowest BCUT2D eigenvalue weighted by Crippen LogP contribution is -2.61.